The minimum Gasteiger partial charge on any atom is -0.677 e. The van der Waals surface area contributed by atoms with Gasteiger partial charge < -0.3 is 16.2 Å². The first-order valence-electron chi connectivity index (χ1n) is 4.80. The third-order valence-electron chi connectivity index (χ3n) is 1.88. The molecule has 0 aliphatic heterocycles. The number of amides is 1. The predicted octanol–water partition coefficient (Wildman–Crippen LogP) is 0.532. The summed E-state index contributed by atoms with van der Waals surface area (Å²) < 4.78 is 0. The quantitative estimate of drug-likeness (QED) is 0.668. The van der Waals surface area contributed by atoms with Crippen LogP contribution in [0, 0.1) is 0 Å². The van der Waals surface area contributed by atoms with E-state index in [1.807, 2.05) is 0 Å². The van der Waals surface area contributed by atoms with Crippen LogP contribution in [0.25, 0.3) is 5.73 Å². The van der Waals surface area contributed by atoms with Gasteiger partial charge in [0, 0.05) is 58.2 Å². The summed E-state index contributed by atoms with van der Waals surface area (Å²) in [5.74, 6) is -1.82. The van der Waals surface area contributed by atoms with Crippen LogP contribution in [0.15, 0.2) is 11.6 Å². The van der Waals surface area contributed by atoms with Crippen LogP contribution >= 0.6 is 0 Å². The van der Waals surface area contributed by atoms with Crippen molar-refractivity contribution in [2.45, 2.75) is 19.3 Å². The third-order valence-corrected chi connectivity index (χ3v) is 1.88. The first-order valence-corrected chi connectivity index (χ1v) is 4.80. The molecule has 0 bridgehead atoms. The second-order valence-electron chi connectivity index (χ2n) is 3.13. The molecule has 0 rings (SSSR count). The normalized spacial score (nSPS) is 10.4. The number of ketones is 1. The number of rotatable bonds is 7. The van der Waals surface area contributed by atoms with Crippen LogP contribution < -0.4 is 5.32 Å². The van der Waals surface area contributed by atoms with Crippen LogP contribution in [0.3, 0.4) is 0 Å². The van der Waals surface area contributed by atoms with E-state index in [0.29, 0.717) is 0 Å². The van der Waals surface area contributed by atoms with E-state index < -0.39 is 5.97 Å². The molecule has 3 N–H and O–H groups in total. The van der Waals surface area contributed by atoms with Gasteiger partial charge in [-0.2, -0.15) is 0 Å². The van der Waals surface area contributed by atoms with E-state index in [2.05, 4.69) is 5.32 Å². The van der Waals surface area contributed by atoms with Crippen molar-refractivity contribution in [1.82, 2.24) is 5.32 Å². The number of carboxylic acid groups (broad SMARTS) is 1. The molecule has 1 radical (unpaired) electrons. The van der Waals surface area contributed by atoms with Crippen LogP contribution in [-0.4, -0.2) is 36.4 Å². The molecule has 0 unspecified atom stereocenters. The molecule has 0 aromatic carbocycles. The Bertz CT molecular complexity index is 315. The van der Waals surface area contributed by atoms with Crippen molar-refractivity contribution in [3.05, 3.63) is 17.4 Å². The van der Waals surface area contributed by atoms with Gasteiger partial charge in [-0.1, -0.05) is 6.08 Å². The molecule has 17 heavy (non-hydrogen) atoms. The van der Waals surface area contributed by atoms with Gasteiger partial charge in [-0.05, 0) is 6.42 Å². The first-order chi connectivity index (χ1) is 7.51. The summed E-state index contributed by atoms with van der Waals surface area (Å²) in [6.07, 6.45) is 0.963. The maximum absolute atomic E-state index is 11.1. The summed E-state index contributed by atoms with van der Waals surface area (Å²) in [4.78, 5) is 32.8. The molecule has 6 nitrogen and oxygen atoms in total. The molecular formula is C10H15N2O4Y-. The predicted molar refractivity (Wildman–Crippen MR) is 57.8 cm³/mol. The fourth-order valence-electron chi connectivity index (χ4n) is 0.993. The van der Waals surface area contributed by atoms with E-state index in [0.717, 1.165) is 0 Å². The number of nitrogens with one attached hydrogen (secondary N) is 2. The van der Waals surface area contributed by atoms with Crippen LogP contribution in [0.4, 0.5) is 0 Å². The van der Waals surface area contributed by atoms with Crippen molar-refractivity contribution >= 4 is 17.7 Å². The molecule has 0 heterocycles. The van der Waals surface area contributed by atoms with Crippen molar-refractivity contribution < 1.29 is 52.2 Å². The topological polar surface area (TPSA) is 107 Å². The van der Waals surface area contributed by atoms with Gasteiger partial charge in [0.25, 0.3) is 0 Å². The second-order valence-corrected chi connectivity index (χ2v) is 3.13. The van der Waals surface area contributed by atoms with Crippen LogP contribution in [-0.2, 0) is 47.1 Å². The van der Waals surface area contributed by atoms with E-state index in [4.69, 9.17) is 10.8 Å². The van der Waals surface area contributed by atoms with Crippen LogP contribution in [0.5, 0.6) is 0 Å². The number of carboxylic acids is 1. The minimum absolute atomic E-state index is 0. The van der Waals surface area contributed by atoms with Gasteiger partial charge in [0.05, 0.1) is 0 Å². The molecule has 0 aromatic rings. The SMILES string of the molecule is CNC(=O)C/C=C(/CC(=O)CC[NH-])C(=O)O.[Y]. The summed E-state index contributed by atoms with van der Waals surface area (Å²) in [6, 6.07) is 0. The molecule has 0 saturated carbocycles. The van der Waals surface area contributed by atoms with Crippen molar-refractivity contribution in [3.63, 3.8) is 0 Å². The minimum atomic E-state index is -1.21. The van der Waals surface area contributed by atoms with E-state index in [9.17, 15) is 14.4 Å². The molecule has 0 fully saturated rings. The van der Waals surface area contributed by atoms with E-state index in [1.165, 1.54) is 13.1 Å². The number of hydrogen-bond acceptors (Lipinski definition) is 3. The Labute approximate surface area is 125 Å². The largest absolute Gasteiger partial charge is 0.677 e. The standard InChI is InChI=1S/C10H15N2O4.Y/c1-12-9(14)3-2-7(10(15)16)6-8(13)4-5-11;/h2,11H,3-6H2,1H3,(H,12,14)(H,15,16);/q-1;/b7-2-;. The molecular weight excluding hydrogens is 301 g/mol. The fourth-order valence-corrected chi connectivity index (χ4v) is 0.993. The first kappa shape index (κ1) is 18.8. The Morgan fingerprint density at radius 2 is 1.94 bits per heavy atom. The smallest absolute Gasteiger partial charge is 0.331 e. The number of Topliss-reactive ketones (excluding diaryl/α,β-unsaturated/α-hetero) is 1. The summed E-state index contributed by atoms with van der Waals surface area (Å²) in [5.41, 5.74) is 6.74. The van der Waals surface area contributed by atoms with Crippen molar-refractivity contribution in [2.24, 2.45) is 0 Å². The molecule has 0 spiro atoms. The molecule has 1 amide bonds. The molecule has 0 aliphatic carbocycles. The maximum atomic E-state index is 11.1. The average Bonchev–Trinajstić information content (AvgIpc) is 2.23. The summed E-state index contributed by atoms with van der Waals surface area (Å²) in [6.45, 7) is -0.0544. The fraction of sp³-hybridized carbons (Fsp3) is 0.500. The van der Waals surface area contributed by atoms with Gasteiger partial charge >= 0.3 is 5.97 Å². The number of aliphatic carboxylic acids is 1. The zero-order valence-electron chi connectivity index (χ0n) is 9.66. The number of carbonyl (C=O) groups excluding carboxylic acids is 2. The molecule has 0 aromatic heterocycles. The average molecular weight is 316 g/mol. The monoisotopic (exact) mass is 316 g/mol. The van der Waals surface area contributed by atoms with Gasteiger partial charge in [0.15, 0.2) is 0 Å². The zero-order chi connectivity index (χ0) is 12.6. The maximum Gasteiger partial charge on any atom is 0.331 e. The molecule has 0 saturated heterocycles. The zero-order valence-corrected chi connectivity index (χ0v) is 12.5. The molecule has 7 heteroatoms. The van der Waals surface area contributed by atoms with E-state index in [1.54, 1.807) is 0 Å². The summed E-state index contributed by atoms with van der Waals surface area (Å²) >= 11 is 0. The van der Waals surface area contributed by atoms with Gasteiger partial charge in [-0.25, -0.2) is 4.79 Å². The van der Waals surface area contributed by atoms with Gasteiger partial charge in [-0.3, -0.25) is 9.59 Å². The van der Waals surface area contributed by atoms with E-state index >= 15 is 0 Å². The van der Waals surface area contributed by atoms with Gasteiger partial charge in [0.1, 0.15) is 5.78 Å². The van der Waals surface area contributed by atoms with Crippen molar-refractivity contribution in [3.8, 4) is 0 Å². The number of hydrogen-bond donors (Lipinski definition) is 2. The summed E-state index contributed by atoms with van der Waals surface area (Å²) in [7, 11) is 1.45. The molecule has 93 valence electrons. The Morgan fingerprint density at radius 1 is 1.35 bits per heavy atom. The number of carbonyl (C=O) groups is 3. The third kappa shape index (κ3) is 9.15. The van der Waals surface area contributed by atoms with Crippen molar-refractivity contribution in [1.29, 1.82) is 0 Å². The summed E-state index contributed by atoms with van der Waals surface area (Å²) in [5, 5.41) is 11.1. The Balaban J connectivity index is 0. The molecule has 0 atom stereocenters. The Hall–Kier alpha value is -0.586. The van der Waals surface area contributed by atoms with E-state index in [-0.39, 0.29) is 75.8 Å². The molecule has 0 aliphatic rings. The Kier molecular flexibility index (Phi) is 11.7. The van der Waals surface area contributed by atoms with Crippen molar-refractivity contribution in [2.75, 3.05) is 13.6 Å². The van der Waals surface area contributed by atoms with Gasteiger partial charge in [-0.15, -0.1) is 6.54 Å². The Morgan fingerprint density at radius 3 is 2.35 bits per heavy atom. The van der Waals surface area contributed by atoms with Crippen LogP contribution in [0.2, 0.25) is 0 Å². The van der Waals surface area contributed by atoms with Crippen LogP contribution in [0.1, 0.15) is 19.3 Å². The second kappa shape index (κ2) is 10.6. The van der Waals surface area contributed by atoms with Gasteiger partial charge in [0.2, 0.25) is 5.91 Å².